The molecule has 0 saturated carbocycles. The first kappa shape index (κ1) is 16.5. The van der Waals surface area contributed by atoms with Crippen LogP contribution < -0.4 is 0 Å². The number of amides is 1. The Morgan fingerprint density at radius 1 is 1.40 bits per heavy atom. The van der Waals surface area contributed by atoms with Gasteiger partial charge in [0.25, 0.3) is 0 Å². The molecule has 1 saturated heterocycles. The van der Waals surface area contributed by atoms with Crippen LogP contribution in [0.2, 0.25) is 0 Å². The van der Waals surface area contributed by atoms with Crippen LogP contribution in [0.25, 0.3) is 0 Å². The average Bonchev–Trinajstić information content (AvgIpc) is 2.65. The Bertz CT molecular complexity index is 401. The minimum atomic E-state index is -1.29. The molecule has 0 aromatic carbocycles. The Labute approximate surface area is 119 Å². The van der Waals surface area contributed by atoms with Gasteiger partial charge in [-0.15, -0.1) is 0 Å². The molecule has 0 N–H and O–H groups in total. The van der Waals surface area contributed by atoms with Gasteiger partial charge in [0.05, 0.1) is 12.5 Å². The molecule has 1 aliphatic rings. The first-order chi connectivity index (χ1) is 9.16. The highest BCUT2D eigenvalue weighted by Gasteiger charge is 2.55. The Balaban J connectivity index is 3.03. The summed E-state index contributed by atoms with van der Waals surface area (Å²) >= 11 is 0. The third kappa shape index (κ3) is 3.11. The summed E-state index contributed by atoms with van der Waals surface area (Å²) < 4.78 is 10.3. The Morgan fingerprint density at radius 3 is 2.45 bits per heavy atom. The Morgan fingerprint density at radius 2 is 2.00 bits per heavy atom. The fourth-order valence-electron chi connectivity index (χ4n) is 2.32. The molecular formula is C14H23NO5. The maximum Gasteiger partial charge on any atom is 0.411 e. The molecule has 2 atom stereocenters. The van der Waals surface area contributed by atoms with E-state index in [2.05, 4.69) is 0 Å². The summed E-state index contributed by atoms with van der Waals surface area (Å²) in [5.74, 6) is -1.14. The molecule has 0 aromatic rings. The van der Waals surface area contributed by atoms with E-state index in [0.717, 1.165) is 0 Å². The highest BCUT2D eigenvalue weighted by molar-refractivity contribution is 5.90. The van der Waals surface area contributed by atoms with Crippen LogP contribution in [0.15, 0.2) is 0 Å². The molecule has 114 valence electrons. The minimum Gasteiger partial charge on any atom is -0.464 e. The van der Waals surface area contributed by atoms with Gasteiger partial charge in [-0.25, -0.2) is 9.59 Å². The SMILES string of the molecule is CCOC(=O)[C@@]1(C)[C@H](C=O)CCN1C(=O)OC(C)(C)C. The zero-order chi connectivity index (χ0) is 15.6. The van der Waals surface area contributed by atoms with Gasteiger partial charge >= 0.3 is 12.1 Å². The van der Waals surface area contributed by atoms with Crippen LogP contribution in [-0.4, -0.2) is 47.5 Å². The summed E-state index contributed by atoms with van der Waals surface area (Å²) in [7, 11) is 0. The molecule has 1 rings (SSSR count). The maximum absolute atomic E-state index is 12.2. The standard InChI is InChI=1S/C14H23NO5/c1-6-19-11(17)14(5)10(9-16)7-8-15(14)12(18)20-13(2,3)4/h9-10H,6-8H2,1-5H3/t10-,14+/m0/s1. The molecule has 0 bridgehead atoms. The number of rotatable bonds is 3. The second-order valence-electron chi connectivity index (χ2n) is 6.03. The first-order valence-corrected chi connectivity index (χ1v) is 6.80. The van der Waals surface area contributed by atoms with Crippen molar-refractivity contribution in [3.05, 3.63) is 0 Å². The monoisotopic (exact) mass is 285 g/mol. The molecule has 0 unspecified atom stereocenters. The summed E-state index contributed by atoms with van der Waals surface area (Å²) in [5, 5.41) is 0. The number of aldehydes is 1. The van der Waals surface area contributed by atoms with E-state index in [1.54, 1.807) is 34.6 Å². The second kappa shape index (κ2) is 5.81. The minimum absolute atomic E-state index is 0.197. The highest BCUT2D eigenvalue weighted by atomic mass is 16.6. The van der Waals surface area contributed by atoms with Crippen molar-refractivity contribution < 1.29 is 23.9 Å². The molecule has 1 amide bonds. The van der Waals surface area contributed by atoms with Crippen LogP contribution in [0.1, 0.15) is 41.0 Å². The van der Waals surface area contributed by atoms with Gasteiger partial charge in [-0.1, -0.05) is 0 Å². The van der Waals surface area contributed by atoms with Crippen LogP contribution in [-0.2, 0) is 19.1 Å². The van der Waals surface area contributed by atoms with Crippen LogP contribution in [0.4, 0.5) is 4.79 Å². The number of likely N-dealkylation sites (tertiary alicyclic amines) is 1. The lowest BCUT2D eigenvalue weighted by atomic mass is 9.88. The van der Waals surface area contributed by atoms with Gasteiger partial charge in [0.15, 0.2) is 5.54 Å². The topological polar surface area (TPSA) is 72.9 Å². The van der Waals surface area contributed by atoms with E-state index < -0.39 is 29.1 Å². The van der Waals surface area contributed by atoms with Crippen molar-refractivity contribution in [1.82, 2.24) is 4.90 Å². The zero-order valence-corrected chi connectivity index (χ0v) is 12.8. The van der Waals surface area contributed by atoms with Gasteiger partial charge in [0.1, 0.15) is 11.9 Å². The first-order valence-electron chi connectivity index (χ1n) is 6.80. The van der Waals surface area contributed by atoms with Crippen molar-refractivity contribution >= 4 is 18.3 Å². The molecule has 1 fully saturated rings. The number of esters is 1. The summed E-state index contributed by atoms with van der Waals surface area (Å²) in [5.41, 5.74) is -1.95. The summed E-state index contributed by atoms with van der Waals surface area (Å²) in [6.07, 6.45) is 0.539. The van der Waals surface area contributed by atoms with Gasteiger partial charge in [0.2, 0.25) is 0 Å². The van der Waals surface area contributed by atoms with Crippen LogP contribution >= 0.6 is 0 Å². The summed E-state index contributed by atoms with van der Waals surface area (Å²) in [6.45, 7) is 8.99. The number of hydrogen-bond donors (Lipinski definition) is 0. The van der Waals surface area contributed by atoms with E-state index in [0.29, 0.717) is 19.3 Å². The largest absolute Gasteiger partial charge is 0.464 e. The third-order valence-corrected chi connectivity index (χ3v) is 3.41. The molecule has 0 spiro atoms. The van der Waals surface area contributed by atoms with Gasteiger partial charge < -0.3 is 14.3 Å². The smallest absolute Gasteiger partial charge is 0.411 e. The van der Waals surface area contributed by atoms with E-state index in [-0.39, 0.29) is 6.61 Å². The lowest BCUT2D eigenvalue weighted by Crippen LogP contribution is -2.56. The maximum atomic E-state index is 12.2. The quantitative estimate of drug-likeness (QED) is 0.583. The second-order valence-corrected chi connectivity index (χ2v) is 6.03. The molecule has 0 aromatic heterocycles. The van der Waals surface area contributed by atoms with E-state index in [9.17, 15) is 14.4 Å². The molecule has 1 heterocycles. The fraction of sp³-hybridized carbons (Fsp3) is 0.786. The van der Waals surface area contributed by atoms with Crippen molar-refractivity contribution in [3.8, 4) is 0 Å². The summed E-state index contributed by atoms with van der Waals surface area (Å²) in [4.78, 5) is 36.9. The van der Waals surface area contributed by atoms with Crippen molar-refractivity contribution in [1.29, 1.82) is 0 Å². The molecular weight excluding hydrogens is 262 g/mol. The van der Waals surface area contributed by atoms with Gasteiger partial charge in [-0.2, -0.15) is 0 Å². The number of ether oxygens (including phenoxy) is 2. The van der Waals surface area contributed by atoms with E-state index >= 15 is 0 Å². The number of carbonyl (C=O) groups is 3. The lowest BCUT2D eigenvalue weighted by Gasteiger charge is -2.36. The molecule has 6 heteroatoms. The number of nitrogens with zero attached hydrogens (tertiary/aromatic N) is 1. The van der Waals surface area contributed by atoms with Crippen LogP contribution in [0.3, 0.4) is 0 Å². The van der Waals surface area contributed by atoms with Crippen molar-refractivity contribution in [2.45, 2.75) is 52.2 Å². The van der Waals surface area contributed by atoms with Gasteiger partial charge in [-0.05, 0) is 41.0 Å². The van der Waals surface area contributed by atoms with Crippen molar-refractivity contribution in [2.24, 2.45) is 5.92 Å². The molecule has 20 heavy (non-hydrogen) atoms. The molecule has 0 radical (unpaired) electrons. The fourth-order valence-corrected chi connectivity index (χ4v) is 2.32. The predicted molar refractivity (Wildman–Crippen MR) is 72.1 cm³/mol. The average molecular weight is 285 g/mol. The Kier molecular flexibility index (Phi) is 4.78. The van der Waals surface area contributed by atoms with Crippen LogP contribution in [0, 0.1) is 5.92 Å². The lowest BCUT2D eigenvalue weighted by molar-refractivity contribution is -0.157. The van der Waals surface area contributed by atoms with Crippen molar-refractivity contribution in [2.75, 3.05) is 13.2 Å². The van der Waals surface area contributed by atoms with E-state index in [1.807, 2.05) is 0 Å². The van der Waals surface area contributed by atoms with E-state index in [1.165, 1.54) is 4.90 Å². The van der Waals surface area contributed by atoms with Gasteiger partial charge in [0, 0.05) is 6.54 Å². The summed E-state index contributed by atoms with van der Waals surface area (Å²) in [6, 6.07) is 0. The highest BCUT2D eigenvalue weighted by Crippen LogP contribution is 2.36. The zero-order valence-electron chi connectivity index (χ0n) is 12.8. The molecule has 0 aliphatic carbocycles. The van der Waals surface area contributed by atoms with Crippen LogP contribution in [0.5, 0.6) is 0 Å². The number of hydrogen-bond acceptors (Lipinski definition) is 5. The number of carbonyl (C=O) groups excluding carboxylic acids is 3. The molecule has 6 nitrogen and oxygen atoms in total. The third-order valence-electron chi connectivity index (χ3n) is 3.41. The van der Waals surface area contributed by atoms with Gasteiger partial charge in [-0.3, -0.25) is 4.90 Å². The normalized spacial score (nSPS) is 26.2. The predicted octanol–water partition coefficient (Wildman–Crippen LogP) is 1.76. The Hall–Kier alpha value is -1.59. The van der Waals surface area contributed by atoms with E-state index in [4.69, 9.17) is 9.47 Å². The van der Waals surface area contributed by atoms with Crippen molar-refractivity contribution in [3.63, 3.8) is 0 Å². The molecule has 1 aliphatic heterocycles.